The van der Waals surface area contributed by atoms with Crippen molar-refractivity contribution < 1.29 is 33.1 Å². The van der Waals surface area contributed by atoms with Crippen molar-refractivity contribution in [2.24, 2.45) is 13.0 Å². The molecular formula is C51H58FN11O6. The summed E-state index contributed by atoms with van der Waals surface area (Å²) in [6, 6.07) is 15.1. The van der Waals surface area contributed by atoms with Gasteiger partial charge in [-0.1, -0.05) is 24.8 Å². The molecule has 2 aromatic heterocycles. The van der Waals surface area contributed by atoms with Gasteiger partial charge in [-0.2, -0.15) is 0 Å². The normalized spacial score (nSPS) is 20.3. The fourth-order valence-electron chi connectivity index (χ4n) is 10.6. The number of nitrogens with zero attached hydrogens (tertiary/aromatic N) is 8. The zero-order valence-corrected chi connectivity index (χ0v) is 39.6. The van der Waals surface area contributed by atoms with E-state index in [1.807, 2.05) is 63.2 Å². The van der Waals surface area contributed by atoms with Gasteiger partial charge in [-0.05, 0) is 88.5 Å². The van der Waals surface area contributed by atoms with Crippen LogP contribution in [-0.4, -0.2) is 137 Å². The van der Waals surface area contributed by atoms with E-state index < -0.39 is 35.5 Å². The van der Waals surface area contributed by atoms with Crippen LogP contribution >= 0.6 is 0 Å². The average molecular weight is 940 g/mol. The minimum Gasteiger partial charge on any atom is -0.494 e. The molecule has 3 unspecified atom stereocenters. The van der Waals surface area contributed by atoms with E-state index in [-0.39, 0.29) is 47.6 Å². The summed E-state index contributed by atoms with van der Waals surface area (Å²) >= 11 is 0. The number of anilines is 5. The monoisotopic (exact) mass is 939 g/mol. The number of aryl methyl sites for hydroxylation is 1. The molecule has 3 N–H and O–H groups in total. The number of imide groups is 2. The van der Waals surface area contributed by atoms with E-state index in [1.54, 1.807) is 13.3 Å². The van der Waals surface area contributed by atoms with Crippen LogP contribution in [0.1, 0.15) is 60.2 Å². The van der Waals surface area contributed by atoms with Gasteiger partial charge < -0.3 is 34.6 Å². The Balaban J connectivity index is 0.800. The zero-order valence-electron chi connectivity index (χ0n) is 39.6. The summed E-state index contributed by atoms with van der Waals surface area (Å²) in [7, 11) is 5.61. The molecule has 0 radical (unpaired) electrons. The van der Waals surface area contributed by atoms with Gasteiger partial charge >= 0.3 is 0 Å². The Morgan fingerprint density at radius 3 is 2.39 bits per heavy atom. The number of aromatic nitrogens is 3. The lowest BCUT2D eigenvalue weighted by Crippen LogP contribution is -2.58. The summed E-state index contributed by atoms with van der Waals surface area (Å²) in [6.45, 7) is 13.5. The molecule has 0 spiro atoms. The molecular weight excluding hydrogens is 882 g/mol. The van der Waals surface area contributed by atoms with E-state index in [0.29, 0.717) is 48.6 Å². The molecule has 5 aromatic rings. The lowest BCUT2D eigenvalue weighted by molar-refractivity contribution is -0.136. The lowest BCUT2D eigenvalue weighted by Gasteiger charge is -2.47. The van der Waals surface area contributed by atoms with Crippen LogP contribution in [0.4, 0.5) is 33.1 Å². The number of hydrogen-bond donors (Lipinski definition) is 3. The number of piperidine rings is 2. The van der Waals surface area contributed by atoms with Gasteiger partial charge in [0, 0.05) is 100 Å². The second-order valence-electron chi connectivity index (χ2n) is 18.7. The van der Waals surface area contributed by atoms with Crippen LogP contribution in [0, 0.1) is 11.7 Å². The maximum Gasteiger partial charge on any atom is 0.262 e. The van der Waals surface area contributed by atoms with Crippen molar-refractivity contribution in [2.75, 3.05) is 80.4 Å². The Morgan fingerprint density at radius 1 is 0.957 bits per heavy atom. The fourth-order valence-corrected chi connectivity index (χ4v) is 10.6. The maximum absolute atomic E-state index is 15.9. The Kier molecular flexibility index (Phi) is 13.2. The molecule has 6 heterocycles. The number of halogens is 1. The number of nitrogens with one attached hydrogen (secondary N) is 3. The first kappa shape index (κ1) is 46.9. The average Bonchev–Trinajstić information content (AvgIpc) is 3.79. The minimum absolute atomic E-state index is 0.00805. The topological polar surface area (TPSA) is 178 Å². The summed E-state index contributed by atoms with van der Waals surface area (Å²) in [5.74, 6) is -2.05. The summed E-state index contributed by atoms with van der Waals surface area (Å²) in [5, 5.41) is 9.60. The van der Waals surface area contributed by atoms with Crippen molar-refractivity contribution in [2.45, 2.75) is 57.7 Å². The molecule has 3 aromatic carbocycles. The van der Waals surface area contributed by atoms with Gasteiger partial charge in [0.15, 0.2) is 0 Å². The number of benzene rings is 3. The zero-order chi connectivity index (χ0) is 48.7. The van der Waals surface area contributed by atoms with Gasteiger partial charge in [-0.15, -0.1) is 0 Å². The first-order chi connectivity index (χ1) is 33.2. The maximum atomic E-state index is 15.9. The second-order valence-corrected chi connectivity index (χ2v) is 18.7. The molecule has 18 heteroatoms. The number of piperazine rings is 1. The van der Waals surface area contributed by atoms with E-state index in [9.17, 15) is 24.0 Å². The van der Waals surface area contributed by atoms with Gasteiger partial charge in [0.1, 0.15) is 17.6 Å². The van der Waals surface area contributed by atoms with E-state index in [0.717, 1.165) is 77.8 Å². The smallest absolute Gasteiger partial charge is 0.262 e. The van der Waals surface area contributed by atoms with Crippen LogP contribution in [0.5, 0.6) is 5.75 Å². The van der Waals surface area contributed by atoms with Crippen LogP contribution in [0.3, 0.4) is 0 Å². The van der Waals surface area contributed by atoms with Crippen molar-refractivity contribution in [3.8, 4) is 17.0 Å². The highest BCUT2D eigenvalue weighted by atomic mass is 19.1. The summed E-state index contributed by atoms with van der Waals surface area (Å²) in [4.78, 5) is 83.1. The number of amides is 5. The summed E-state index contributed by atoms with van der Waals surface area (Å²) < 4.78 is 23.8. The highest BCUT2D eigenvalue weighted by Gasteiger charge is 2.46. The Labute approximate surface area is 400 Å². The third-order valence-corrected chi connectivity index (χ3v) is 14.0. The molecule has 69 heavy (non-hydrogen) atoms. The summed E-state index contributed by atoms with van der Waals surface area (Å²) in [6.07, 6.45) is 7.12. The molecule has 3 fully saturated rings. The first-order valence-electron chi connectivity index (χ1n) is 23.5. The van der Waals surface area contributed by atoms with Crippen LogP contribution < -0.4 is 30.5 Å². The molecule has 9 rings (SSSR count). The van der Waals surface area contributed by atoms with Gasteiger partial charge in [0.25, 0.3) is 11.8 Å². The van der Waals surface area contributed by atoms with E-state index >= 15 is 4.39 Å². The van der Waals surface area contributed by atoms with Crippen molar-refractivity contribution in [1.82, 2.24) is 34.6 Å². The second kappa shape index (κ2) is 19.4. The minimum atomic E-state index is -1.12. The number of likely N-dealkylation sites (tertiary alicyclic amines) is 1. The number of carbonyl (C=O) groups excluding carboxylic acids is 5. The van der Waals surface area contributed by atoms with Crippen LogP contribution in [0.25, 0.3) is 22.2 Å². The third kappa shape index (κ3) is 9.37. The van der Waals surface area contributed by atoms with Gasteiger partial charge in [0.05, 0.1) is 46.7 Å². The standard InChI is InChI=1S/C51H58FN11O6/c1-7-46(64)54-39-24-40(56-51-53-17-14-38(55-51)36-29-59(5)41-11-9-8-10-33(36)41)45(69-6)25-44(39)58(4)20-21-60-18-15-32(16-19-60)28-61-26-30(2)62(31(3)27-61)43-23-35-34(22-37(43)52)49(67)63(50(35)68)42-12-13-47(65)57-48(42)66/h7-11,14,17,22-25,29-32,42H,1,12-13,15-16,18-21,26-28H2,2-6H3,(H,54,64)(H,53,55,56)(H,57,65,66). The molecule has 0 saturated carbocycles. The highest BCUT2D eigenvalue weighted by Crippen LogP contribution is 2.39. The fraction of sp³-hybridized carbons (Fsp3) is 0.392. The highest BCUT2D eigenvalue weighted by molar-refractivity contribution is 6.24. The van der Waals surface area contributed by atoms with Crippen molar-refractivity contribution in [3.05, 3.63) is 96.6 Å². The van der Waals surface area contributed by atoms with Crippen LogP contribution in [-0.2, 0) is 21.4 Å². The Morgan fingerprint density at radius 2 is 1.68 bits per heavy atom. The molecule has 360 valence electrons. The summed E-state index contributed by atoms with van der Waals surface area (Å²) in [5.41, 5.74) is 5.05. The van der Waals surface area contributed by atoms with Gasteiger partial charge in [-0.25, -0.2) is 14.4 Å². The van der Waals surface area contributed by atoms with Crippen molar-refractivity contribution in [3.63, 3.8) is 0 Å². The Hall–Kier alpha value is -7.18. The molecule has 4 aliphatic rings. The molecule has 0 aliphatic carbocycles. The third-order valence-electron chi connectivity index (χ3n) is 14.0. The van der Waals surface area contributed by atoms with E-state index in [4.69, 9.17) is 9.72 Å². The van der Waals surface area contributed by atoms with Gasteiger partial charge in [-0.3, -0.25) is 39.1 Å². The number of likely N-dealkylation sites (N-methyl/N-ethyl adjacent to an activating group) is 1. The van der Waals surface area contributed by atoms with E-state index in [1.165, 1.54) is 12.1 Å². The molecule has 3 saturated heterocycles. The predicted molar refractivity (Wildman–Crippen MR) is 262 cm³/mol. The number of rotatable bonds is 14. The molecule has 4 aliphatic heterocycles. The molecule has 0 bridgehead atoms. The SMILES string of the molecule is C=CC(=O)Nc1cc(Nc2nccc(-c3cn(C)c4ccccc34)n2)c(OC)cc1N(C)CCN1CCC(CN2CC(C)N(c3cc4c(cc3F)C(=O)N(C3CCC(=O)NC3=O)C4=O)C(C)C2)CC1. The predicted octanol–water partition coefficient (Wildman–Crippen LogP) is 5.80. The number of carbonyl (C=O) groups is 5. The quantitative estimate of drug-likeness (QED) is 0.0901. The number of fused-ring (bicyclic) bond motifs is 2. The number of methoxy groups -OCH3 is 1. The largest absolute Gasteiger partial charge is 0.494 e. The number of hydrogen-bond acceptors (Lipinski definition) is 13. The first-order valence-corrected chi connectivity index (χ1v) is 23.5. The Bertz CT molecular complexity index is 2850. The number of ether oxygens (including phenoxy) is 1. The van der Waals surface area contributed by atoms with Gasteiger partial charge in [0.2, 0.25) is 23.7 Å². The molecule has 5 amide bonds. The molecule has 3 atom stereocenters. The lowest BCUT2D eigenvalue weighted by atomic mass is 9.94. The van der Waals surface area contributed by atoms with Crippen LogP contribution in [0.2, 0.25) is 0 Å². The van der Waals surface area contributed by atoms with Crippen molar-refractivity contribution >= 4 is 69.1 Å². The molecule has 17 nitrogen and oxygen atoms in total. The van der Waals surface area contributed by atoms with Crippen molar-refractivity contribution in [1.29, 1.82) is 0 Å². The number of para-hydroxylation sites is 1. The van der Waals surface area contributed by atoms with Crippen LogP contribution in [0.15, 0.2) is 79.6 Å². The van der Waals surface area contributed by atoms with E-state index in [2.05, 4.69) is 65.1 Å².